The lowest BCUT2D eigenvalue weighted by molar-refractivity contribution is 0.0360. The first-order valence-corrected chi connectivity index (χ1v) is 7.28. The summed E-state index contributed by atoms with van der Waals surface area (Å²) in [5.74, 6) is 0.351. The van der Waals surface area contributed by atoms with E-state index in [1.54, 1.807) is 0 Å². The summed E-state index contributed by atoms with van der Waals surface area (Å²) in [6.07, 6.45) is 0.437. The van der Waals surface area contributed by atoms with Crippen LogP contribution in [0.1, 0.15) is 34.1 Å². The van der Waals surface area contributed by atoms with Crippen molar-refractivity contribution in [2.45, 2.75) is 45.2 Å². The molecule has 0 bridgehead atoms. The Hall–Kier alpha value is -0.600. The molecule has 0 aromatic carbocycles. The SMILES string of the molecule is CC1(C)CS(=O)(=O)CC(C)(C)N1CCC#N. The summed E-state index contributed by atoms with van der Waals surface area (Å²) in [4.78, 5) is 2.14. The normalized spacial score (nSPS) is 27.2. The molecule has 1 heterocycles. The van der Waals surface area contributed by atoms with E-state index in [1.807, 2.05) is 27.7 Å². The Labute approximate surface area is 98.2 Å². The lowest BCUT2D eigenvalue weighted by Crippen LogP contribution is -2.65. The molecule has 0 N–H and O–H groups in total. The number of nitrogens with zero attached hydrogens (tertiary/aromatic N) is 2. The third-order valence-electron chi connectivity index (χ3n) is 3.05. The van der Waals surface area contributed by atoms with E-state index in [9.17, 15) is 8.42 Å². The van der Waals surface area contributed by atoms with Crippen LogP contribution in [0.4, 0.5) is 0 Å². The summed E-state index contributed by atoms with van der Waals surface area (Å²) < 4.78 is 23.6. The van der Waals surface area contributed by atoms with Crippen LogP contribution in [0.5, 0.6) is 0 Å². The van der Waals surface area contributed by atoms with Crippen molar-refractivity contribution < 1.29 is 8.42 Å². The standard InChI is InChI=1S/C11H20N2O2S/c1-10(2)8-16(14,15)9-11(3,4)13(10)7-5-6-12/h5,7-9H2,1-4H3. The van der Waals surface area contributed by atoms with Gasteiger partial charge in [-0.15, -0.1) is 0 Å². The minimum absolute atomic E-state index is 0.175. The third kappa shape index (κ3) is 2.74. The smallest absolute Gasteiger partial charge is 0.153 e. The molecule has 0 unspecified atom stereocenters. The fourth-order valence-electron chi connectivity index (χ4n) is 2.87. The Bertz CT molecular complexity index is 380. The minimum atomic E-state index is -2.98. The van der Waals surface area contributed by atoms with Gasteiger partial charge in [0.2, 0.25) is 0 Å². The van der Waals surface area contributed by atoms with Crippen molar-refractivity contribution in [1.29, 1.82) is 5.26 Å². The molecule has 0 aromatic heterocycles. The summed E-state index contributed by atoms with van der Waals surface area (Å²) in [5.41, 5.74) is -0.783. The van der Waals surface area contributed by atoms with Crippen molar-refractivity contribution in [2.24, 2.45) is 0 Å². The molecule has 0 aromatic rings. The lowest BCUT2D eigenvalue weighted by Gasteiger charge is -2.52. The Morgan fingerprint density at radius 3 is 2.00 bits per heavy atom. The van der Waals surface area contributed by atoms with Crippen LogP contribution in [0.2, 0.25) is 0 Å². The zero-order chi connectivity index (χ0) is 12.6. The largest absolute Gasteiger partial charge is 0.290 e. The zero-order valence-corrected chi connectivity index (χ0v) is 11.3. The van der Waals surface area contributed by atoms with Gasteiger partial charge in [0.05, 0.1) is 17.6 Å². The van der Waals surface area contributed by atoms with E-state index < -0.39 is 20.9 Å². The van der Waals surface area contributed by atoms with Crippen molar-refractivity contribution in [2.75, 3.05) is 18.1 Å². The van der Waals surface area contributed by atoms with Crippen molar-refractivity contribution in [3.63, 3.8) is 0 Å². The second-order valence-corrected chi connectivity index (χ2v) is 7.78. The first-order valence-electron chi connectivity index (χ1n) is 5.46. The van der Waals surface area contributed by atoms with Crippen LogP contribution in [0.3, 0.4) is 0 Å². The molecule has 0 radical (unpaired) electrons. The first-order chi connectivity index (χ1) is 7.11. The van der Waals surface area contributed by atoms with Crippen molar-refractivity contribution >= 4 is 9.84 Å². The van der Waals surface area contributed by atoms with E-state index in [-0.39, 0.29) is 11.5 Å². The van der Waals surface area contributed by atoms with Gasteiger partial charge < -0.3 is 0 Å². The van der Waals surface area contributed by atoms with Gasteiger partial charge in [0.15, 0.2) is 9.84 Å². The maximum absolute atomic E-state index is 11.8. The maximum atomic E-state index is 11.8. The van der Waals surface area contributed by atoms with Crippen LogP contribution >= 0.6 is 0 Å². The van der Waals surface area contributed by atoms with Crippen molar-refractivity contribution in [3.8, 4) is 6.07 Å². The predicted molar refractivity (Wildman–Crippen MR) is 63.7 cm³/mol. The average Bonchev–Trinajstić information content (AvgIpc) is 1.96. The molecule has 1 rings (SSSR count). The first kappa shape index (κ1) is 13.5. The van der Waals surface area contributed by atoms with Gasteiger partial charge in [-0.2, -0.15) is 5.26 Å². The number of rotatable bonds is 2. The van der Waals surface area contributed by atoms with Crippen LogP contribution in [-0.2, 0) is 9.84 Å². The van der Waals surface area contributed by atoms with Gasteiger partial charge in [0.25, 0.3) is 0 Å². The molecule has 1 saturated heterocycles. The highest BCUT2D eigenvalue weighted by Crippen LogP contribution is 2.33. The molecule has 0 amide bonds. The van der Waals surface area contributed by atoms with Crippen LogP contribution in [0, 0.1) is 11.3 Å². The van der Waals surface area contributed by atoms with Gasteiger partial charge in [-0.3, -0.25) is 4.90 Å². The minimum Gasteiger partial charge on any atom is -0.290 e. The van der Waals surface area contributed by atoms with E-state index in [1.165, 1.54) is 0 Å². The van der Waals surface area contributed by atoms with E-state index in [0.717, 1.165) is 0 Å². The Morgan fingerprint density at radius 2 is 1.62 bits per heavy atom. The van der Waals surface area contributed by atoms with Crippen LogP contribution in [-0.4, -0.2) is 42.4 Å². The summed E-state index contributed by atoms with van der Waals surface area (Å²) >= 11 is 0. The average molecular weight is 244 g/mol. The quantitative estimate of drug-likeness (QED) is 0.732. The second-order valence-electron chi connectivity index (χ2n) is 5.72. The third-order valence-corrected chi connectivity index (χ3v) is 5.35. The second kappa shape index (κ2) is 4.01. The maximum Gasteiger partial charge on any atom is 0.153 e. The molecule has 0 aliphatic carbocycles. The van der Waals surface area contributed by atoms with E-state index in [2.05, 4.69) is 11.0 Å². The molecule has 92 valence electrons. The fraction of sp³-hybridized carbons (Fsp3) is 0.909. The molecular formula is C11H20N2O2S. The number of sulfone groups is 1. The molecule has 16 heavy (non-hydrogen) atoms. The summed E-state index contributed by atoms with van der Waals surface area (Å²) in [7, 11) is -2.98. The van der Waals surface area contributed by atoms with E-state index in [0.29, 0.717) is 13.0 Å². The van der Waals surface area contributed by atoms with E-state index in [4.69, 9.17) is 5.26 Å². The Balaban J connectivity index is 3.02. The van der Waals surface area contributed by atoms with Gasteiger partial charge in [0.1, 0.15) is 0 Å². The van der Waals surface area contributed by atoms with Crippen LogP contribution in [0.25, 0.3) is 0 Å². The molecule has 4 nitrogen and oxygen atoms in total. The molecule has 0 saturated carbocycles. The summed E-state index contributed by atoms with van der Waals surface area (Å²) in [5, 5.41) is 8.65. The van der Waals surface area contributed by atoms with Crippen LogP contribution in [0.15, 0.2) is 0 Å². The van der Waals surface area contributed by atoms with Gasteiger partial charge in [-0.1, -0.05) is 0 Å². The predicted octanol–water partition coefficient (Wildman–Crippen LogP) is 1.19. The number of hydrogen-bond donors (Lipinski definition) is 0. The molecule has 5 heteroatoms. The van der Waals surface area contributed by atoms with Gasteiger partial charge in [-0.25, -0.2) is 8.42 Å². The van der Waals surface area contributed by atoms with Crippen LogP contribution < -0.4 is 0 Å². The summed E-state index contributed by atoms with van der Waals surface area (Å²) in [6, 6.07) is 2.12. The van der Waals surface area contributed by atoms with Crippen molar-refractivity contribution in [1.82, 2.24) is 4.90 Å². The highest BCUT2D eigenvalue weighted by atomic mass is 32.2. The lowest BCUT2D eigenvalue weighted by atomic mass is 9.94. The van der Waals surface area contributed by atoms with Crippen molar-refractivity contribution in [3.05, 3.63) is 0 Å². The highest BCUT2D eigenvalue weighted by Gasteiger charge is 2.47. The van der Waals surface area contributed by atoms with Gasteiger partial charge >= 0.3 is 0 Å². The van der Waals surface area contributed by atoms with E-state index >= 15 is 0 Å². The molecule has 1 aliphatic heterocycles. The fourth-order valence-corrected chi connectivity index (χ4v) is 5.44. The van der Waals surface area contributed by atoms with Gasteiger partial charge in [0, 0.05) is 24.0 Å². The number of nitriles is 1. The zero-order valence-electron chi connectivity index (χ0n) is 10.4. The number of hydrogen-bond acceptors (Lipinski definition) is 4. The monoisotopic (exact) mass is 244 g/mol. The molecule has 1 aliphatic rings. The Kier molecular flexibility index (Phi) is 3.37. The molecule has 0 spiro atoms. The molecule has 1 fully saturated rings. The summed E-state index contributed by atoms with van der Waals surface area (Å²) in [6.45, 7) is 8.36. The van der Waals surface area contributed by atoms with Gasteiger partial charge in [-0.05, 0) is 27.7 Å². The molecular weight excluding hydrogens is 224 g/mol. The Morgan fingerprint density at radius 1 is 1.19 bits per heavy atom. The topological polar surface area (TPSA) is 61.2 Å². The highest BCUT2D eigenvalue weighted by molar-refractivity contribution is 7.91. The molecule has 0 atom stereocenters.